The number of aliphatic hydroxyl groups is 1. The van der Waals surface area contributed by atoms with Gasteiger partial charge < -0.3 is 5.11 Å². The predicted molar refractivity (Wildman–Crippen MR) is 75.6 cm³/mol. The molecule has 2 aromatic rings. The van der Waals surface area contributed by atoms with Crippen molar-refractivity contribution in [3.05, 3.63) is 59.3 Å². The molecule has 0 aliphatic rings. The van der Waals surface area contributed by atoms with Crippen LogP contribution >= 0.6 is 11.8 Å². The van der Waals surface area contributed by atoms with Gasteiger partial charge in [0.15, 0.2) is 0 Å². The maximum absolute atomic E-state index is 9.41. The molecular weight excluding hydrogens is 242 g/mol. The standard InChI is InChI=1S/C15H17NOS/c1-11-5-3-4-6-14(11)10-18-15-8-7-13(9-16-15)12(2)17/h3-9,12,17H,10H2,1-2H3/t12-/m0/s1. The largest absolute Gasteiger partial charge is 0.389 e. The molecule has 0 amide bonds. The quantitative estimate of drug-likeness (QED) is 0.849. The van der Waals surface area contributed by atoms with Crippen LogP contribution in [0, 0.1) is 6.92 Å². The third-order valence-electron chi connectivity index (χ3n) is 2.88. The Kier molecular flexibility index (Phi) is 4.39. The molecule has 0 aliphatic heterocycles. The minimum atomic E-state index is -0.451. The zero-order valence-electron chi connectivity index (χ0n) is 10.6. The number of aryl methyl sites for hydroxylation is 1. The highest BCUT2D eigenvalue weighted by Gasteiger charge is 2.03. The third-order valence-corrected chi connectivity index (χ3v) is 3.87. The molecule has 1 heterocycles. The van der Waals surface area contributed by atoms with Crippen molar-refractivity contribution in [3.63, 3.8) is 0 Å². The highest BCUT2D eigenvalue weighted by atomic mass is 32.2. The van der Waals surface area contributed by atoms with Crippen molar-refractivity contribution >= 4 is 11.8 Å². The lowest BCUT2D eigenvalue weighted by molar-refractivity contribution is 0.198. The Labute approximate surface area is 112 Å². The SMILES string of the molecule is Cc1ccccc1CSc1ccc([C@H](C)O)cn1. The molecule has 0 radical (unpaired) electrons. The lowest BCUT2D eigenvalue weighted by atomic mass is 10.1. The molecular formula is C15H17NOS. The summed E-state index contributed by atoms with van der Waals surface area (Å²) in [7, 11) is 0. The van der Waals surface area contributed by atoms with Crippen LogP contribution in [0.25, 0.3) is 0 Å². The van der Waals surface area contributed by atoms with Crippen molar-refractivity contribution in [1.82, 2.24) is 4.98 Å². The number of thioether (sulfide) groups is 1. The second kappa shape index (κ2) is 6.03. The van der Waals surface area contributed by atoms with E-state index >= 15 is 0 Å². The fraction of sp³-hybridized carbons (Fsp3) is 0.267. The monoisotopic (exact) mass is 259 g/mol. The smallest absolute Gasteiger partial charge is 0.0963 e. The van der Waals surface area contributed by atoms with Crippen LogP contribution in [0.4, 0.5) is 0 Å². The first-order valence-corrected chi connectivity index (χ1v) is 6.96. The molecule has 0 bridgehead atoms. The highest BCUT2D eigenvalue weighted by Crippen LogP contribution is 2.23. The van der Waals surface area contributed by atoms with Crippen molar-refractivity contribution < 1.29 is 5.11 Å². The van der Waals surface area contributed by atoms with Crippen LogP contribution in [0.2, 0.25) is 0 Å². The van der Waals surface area contributed by atoms with E-state index in [9.17, 15) is 5.11 Å². The Morgan fingerprint density at radius 2 is 2.00 bits per heavy atom. The predicted octanol–water partition coefficient (Wildman–Crippen LogP) is 3.74. The number of aromatic nitrogens is 1. The maximum Gasteiger partial charge on any atom is 0.0963 e. The van der Waals surface area contributed by atoms with Crippen molar-refractivity contribution in [3.8, 4) is 0 Å². The van der Waals surface area contributed by atoms with E-state index in [1.165, 1.54) is 11.1 Å². The minimum Gasteiger partial charge on any atom is -0.389 e. The first-order chi connectivity index (χ1) is 8.66. The minimum absolute atomic E-state index is 0.451. The molecule has 0 aliphatic carbocycles. The number of aliphatic hydroxyl groups excluding tert-OH is 1. The van der Waals surface area contributed by atoms with E-state index < -0.39 is 6.10 Å². The average molecular weight is 259 g/mol. The van der Waals surface area contributed by atoms with Gasteiger partial charge in [-0.25, -0.2) is 4.98 Å². The molecule has 0 saturated heterocycles. The molecule has 0 spiro atoms. The number of rotatable bonds is 4. The molecule has 3 heteroatoms. The van der Waals surface area contributed by atoms with E-state index in [2.05, 4.69) is 36.2 Å². The summed E-state index contributed by atoms with van der Waals surface area (Å²) >= 11 is 1.72. The molecule has 94 valence electrons. The van der Waals surface area contributed by atoms with Gasteiger partial charge in [0, 0.05) is 11.9 Å². The number of pyridine rings is 1. The van der Waals surface area contributed by atoms with E-state index in [1.807, 2.05) is 12.1 Å². The van der Waals surface area contributed by atoms with Gasteiger partial charge in [-0.3, -0.25) is 0 Å². The summed E-state index contributed by atoms with van der Waals surface area (Å²) in [6.07, 6.45) is 1.29. The first kappa shape index (κ1) is 13.1. The average Bonchev–Trinajstić information content (AvgIpc) is 2.38. The number of hydrogen-bond acceptors (Lipinski definition) is 3. The molecule has 0 fully saturated rings. The Hall–Kier alpha value is -1.32. The third kappa shape index (κ3) is 3.34. The summed E-state index contributed by atoms with van der Waals surface area (Å²) in [4.78, 5) is 4.35. The molecule has 0 saturated carbocycles. The van der Waals surface area contributed by atoms with Gasteiger partial charge in [-0.2, -0.15) is 0 Å². The second-order valence-corrected chi connectivity index (χ2v) is 5.32. The molecule has 1 aromatic carbocycles. The van der Waals surface area contributed by atoms with Gasteiger partial charge in [0.05, 0.1) is 11.1 Å². The second-order valence-electron chi connectivity index (χ2n) is 4.32. The molecule has 1 N–H and O–H groups in total. The van der Waals surface area contributed by atoms with Gasteiger partial charge >= 0.3 is 0 Å². The van der Waals surface area contributed by atoms with Gasteiger partial charge in [-0.1, -0.05) is 30.3 Å². The normalized spacial score (nSPS) is 12.4. The maximum atomic E-state index is 9.41. The topological polar surface area (TPSA) is 33.1 Å². The van der Waals surface area contributed by atoms with Crippen LogP contribution < -0.4 is 0 Å². The molecule has 0 unspecified atom stereocenters. The summed E-state index contributed by atoms with van der Waals surface area (Å²) in [5.41, 5.74) is 3.50. The number of benzene rings is 1. The van der Waals surface area contributed by atoms with E-state index in [0.29, 0.717) is 0 Å². The summed E-state index contributed by atoms with van der Waals surface area (Å²) in [5.74, 6) is 0.924. The van der Waals surface area contributed by atoms with Crippen molar-refractivity contribution in [1.29, 1.82) is 0 Å². The number of hydrogen-bond donors (Lipinski definition) is 1. The highest BCUT2D eigenvalue weighted by molar-refractivity contribution is 7.98. The van der Waals surface area contributed by atoms with Gasteiger partial charge in [0.2, 0.25) is 0 Å². The Morgan fingerprint density at radius 3 is 2.61 bits per heavy atom. The Balaban J connectivity index is 2.00. The molecule has 18 heavy (non-hydrogen) atoms. The fourth-order valence-electron chi connectivity index (χ4n) is 1.65. The van der Waals surface area contributed by atoms with E-state index in [-0.39, 0.29) is 0 Å². The van der Waals surface area contributed by atoms with E-state index in [1.54, 1.807) is 24.9 Å². The van der Waals surface area contributed by atoms with E-state index in [0.717, 1.165) is 16.3 Å². The first-order valence-electron chi connectivity index (χ1n) is 5.98. The lowest BCUT2D eigenvalue weighted by Crippen LogP contribution is -1.92. The van der Waals surface area contributed by atoms with Gasteiger partial charge in [0.25, 0.3) is 0 Å². The summed E-state index contributed by atoms with van der Waals surface area (Å²) in [6, 6.07) is 12.3. The van der Waals surface area contributed by atoms with E-state index in [4.69, 9.17) is 0 Å². The Bertz CT molecular complexity index is 508. The van der Waals surface area contributed by atoms with Crippen molar-refractivity contribution in [2.75, 3.05) is 0 Å². The van der Waals surface area contributed by atoms with Crippen LogP contribution in [-0.4, -0.2) is 10.1 Å². The van der Waals surface area contributed by atoms with Crippen LogP contribution in [-0.2, 0) is 5.75 Å². The van der Waals surface area contributed by atoms with Gasteiger partial charge in [0.1, 0.15) is 0 Å². The van der Waals surface area contributed by atoms with Gasteiger partial charge in [-0.15, -0.1) is 11.8 Å². The van der Waals surface area contributed by atoms with Crippen LogP contribution in [0.5, 0.6) is 0 Å². The zero-order valence-corrected chi connectivity index (χ0v) is 11.4. The van der Waals surface area contributed by atoms with Gasteiger partial charge in [-0.05, 0) is 36.6 Å². The molecule has 2 rings (SSSR count). The lowest BCUT2D eigenvalue weighted by Gasteiger charge is -2.06. The summed E-state index contributed by atoms with van der Waals surface area (Å²) in [5, 5.41) is 10.4. The van der Waals surface area contributed by atoms with Crippen LogP contribution in [0.3, 0.4) is 0 Å². The summed E-state index contributed by atoms with van der Waals surface area (Å²) in [6.45, 7) is 3.87. The van der Waals surface area contributed by atoms with Crippen LogP contribution in [0.15, 0.2) is 47.6 Å². The molecule has 1 aromatic heterocycles. The zero-order chi connectivity index (χ0) is 13.0. The van der Waals surface area contributed by atoms with Crippen LogP contribution in [0.1, 0.15) is 29.7 Å². The van der Waals surface area contributed by atoms with Crippen molar-refractivity contribution in [2.45, 2.75) is 30.7 Å². The molecule has 1 atom stereocenters. The fourth-order valence-corrected chi connectivity index (χ4v) is 2.57. The van der Waals surface area contributed by atoms with Crippen molar-refractivity contribution in [2.24, 2.45) is 0 Å². The number of nitrogens with zero attached hydrogens (tertiary/aromatic N) is 1. The summed E-state index contributed by atoms with van der Waals surface area (Å²) < 4.78 is 0. The Morgan fingerprint density at radius 1 is 1.22 bits per heavy atom. The molecule has 2 nitrogen and oxygen atoms in total.